The van der Waals surface area contributed by atoms with Crippen molar-refractivity contribution < 1.29 is 9.59 Å². The first kappa shape index (κ1) is 24.0. The average molecular weight is 510 g/mol. The van der Waals surface area contributed by atoms with Crippen LogP contribution >= 0.6 is 0 Å². The van der Waals surface area contributed by atoms with Crippen LogP contribution in [0.3, 0.4) is 0 Å². The van der Waals surface area contributed by atoms with Crippen LogP contribution in [0.25, 0.3) is 22.2 Å². The van der Waals surface area contributed by atoms with E-state index in [9.17, 15) is 9.59 Å². The van der Waals surface area contributed by atoms with Gasteiger partial charge in [0.25, 0.3) is 5.91 Å². The van der Waals surface area contributed by atoms with Crippen molar-refractivity contribution in [3.05, 3.63) is 54.1 Å². The van der Waals surface area contributed by atoms with Gasteiger partial charge in [-0.25, -0.2) is 0 Å². The van der Waals surface area contributed by atoms with Crippen LogP contribution in [0, 0.1) is 35.5 Å². The lowest BCUT2D eigenvalue weighted by Gasteiger charge is -2.54. The molecule has 1 aromatic heterocycles. The summed E-state index contributed by atoms with van der Waals surface area (Å²) in [5.74, 6) is 3.96. The number of nitrogens with one attached hydrogen (secondary N) is 3. The first-order valence-corrected chi connectivity index (χ1v) is 14.8. The van der Waals surface area contributed by atoms with E-state index in [1.165, 1.54) is 38.5 Å². The number of amides is 2. The van der Waals surface area contributed by atoms with Gasteiger partial charge < -0.3 is 15.6 Å². The Morgan fingerprint density at radius 2 is 1.55 bits per heavy atom. The molecular formula is C33H39N3O2. The molecule has 198 valence electrons. The highest BCUT2D eigenvalue weighted by molar-refractivity contribution is 5.99. The molecule has 5 heteroatoms. The third-order valence-electron chi connectivity index (χ3n) is 10.3. The highest BCUT2D eigenvalue weighted by atomic mass is 16.2. The highest BCUT2D eigenvalue weighted by Gasteiger charge is 2.48. The van der Waals surface area contributed by atoms with Crippen LogP contribution in [0.1, 0.15) is 75.1 Å². The second-order valence-corrected chi connectivity index (χ2v) is 12.8. The van der Waals surface area contributed by atoms with Crippen LogP contribution in [0.2, 0.25) is 0 Å². The lowest BCUT2D eigenvalue weighted by atomic mass is 9.54. The molecule has 5 saturated carbocycles. The van der Waals surface area contributed by atoms with E-state index < -0.39 is 0 Å². The maximum absolute atomic E-state index is 13.3. The van der Waals surface area contributed by atoms with Crippen molar-refractivity contribution in [3.8, 4) is 11.3 Å². The number of rotatable bonds is 5. The van der Waals surface area contributed by atoms with Crippen molar-refractivity contribution in [1.29, 1.82) is 0 Å². The van der Waals surface area contributed by atoms with Gasteiger partial charge in [0.1, 0.15) is 0 Å². The molecule has 5 aliphatic rings. The fourth-order valence-electron chi connectivity index (χ4n) is 8.50. The molecule has 5 fully saturated rings. The molecule has 3 aromatic rings. The van der Waals surface area contributed by atoms with Crippen molar-refractivity contribution in [1.82, 2.24) is 10.3 Å². The molecule has 2 unspecified atom stereocenters. The Bertz CT molecular complexity index is 1330. The van der Waals surface area contributed by atoms with Crippen LogP contribution in [0.5, 0.6) is 0 Å². The third kappa shape index (κ3) is 4.44. The van der Waals surface area contributed by atoms with E-state index in [4.69, 9.17) is 0 Å². The van der Waals surface area contributed by atoms with Crippen LogP contribution in [0.4, 0.5) is 5.69 Å². The molecule has 2 amide bonds. The number of carbonyl (C=O) groups is 2. The van der Waals surface area contributed by atoms with Crippen LogP contribution in [-0.2, 0) is 4.79 Å². The molecule has 5 nitrogen and oxygen atoms in total. The molecule has 2 atom stereocenters. The first-order valence-electron chi connectivity index (χ1n) is 14.8. The van der Waals surface area contributed by atoms with Crippen molar-refractivity contribution in [2.75, 3.05) is 5.32 Å². The number of hydrogen-bond donors (Lipinski definition) is 3. The topological polar surface area (TPSA) is 74.0 Å². The molecule has 0 spiro atoms. The monoisotopic (exact) mass is 509 g/mol. The molecule has 2 aromatic carbocycles. The highest BCUT2D eigenvalue weighted by Crippen LogP contribution is 2.53. The minimum absolute atomic E-state index is 0.0690. The Kier molecular flexibility index (Phi) is 6.05. The molecule has 0 saturated heterocycles. The van der Waals surface area contributed by atoms with Gasteiger partial charge in [0.15, 0.2) is 0 Å². The number of hydrogen-bond acceptors (Lipinski definition) is 2. The Hall–Kier alpha value is -3.08. The average Bonchev–Trinajstić information content (AvgIpc) is 3.34. The summed E-state index contributed by atoms with van der Waals surface area (Å²) in [6.07, 6.45) is 11.2. The number of carbonyl (C=O) groups excluding carboxylic acids is 2. The number of aromatic amines is 1. The number of anilines is 1. The summed E-state index contributed by atoms with van der Waals surface area (Å²) in [5.41, 5.74) is 4.68. The van der Waals surface area contributed by atoms with Gasteiger partial charge in [0.05, 0.1) is 0 Å². The van der Waals surface area contributed by atoms with Crippen LogP contribution < -0.4 is 10.6 Å². The van der Waals surface area contributed by atoms with E-state index in [1.807, 2.05) is 42.5 Å². The van der Waals surface area contributed by atoms with Gasteiger partial charge in [-0.1, -0.05) is 31.9 Å². The predicted octanol–water partition coefficient (Wildman–Crippen LogP) is 7.15. The van der Waals surface area contributed by atoms with Crippen molar-refractivity contribution in [3.63, 3.8) is 0 Å². The van der Waals surface area contributed by atoms with Crippen molar-refractivity contribution >= 4 is 28.4 Å². The zero-order valence-electron chi connectivity index (χ0n) is 22.3. The molecule has 8 rings (SSSR count). The zero-order chi connectivity index (χ0) is 25.8. The summed E-state index contributed by atoms with van der Waals surface area (Å²) in [6.45, 7) is 2.19. The summed E-state index contributed by atoms with van der Waals surface area (Å²) < 4.78 is 0. The van der Waals surface area contributed by atoms with Gasteiger partial charge >= 0.3 is 0 Å². The summed E-state index contributed by atoms with van der Waals surface area (Å²) >= 11 is 0. The first-order chi connectivity index (χ1) is 18.5. The summed E-state index contributed by atoms with van der Waals surface area (Å²) in [5, 5.41) is 7.62. The smallest absolute Gasteiger partial charge is 0.251 e. The van der Waals surface area contributed by atoms with E-state index in [0.29, 0.717) is 23.8 Å². The lowest BCUT2D eigenvalue weighted by Crippen LogP contribution is -2.55. The summed E-state index contributed by atoms with van der Waals surface area (Å²) in [4.78, 5) is 29.5. The number of fused-ring (bicyclic) bond motifs is 1. The fraction of sp³-hybridized carbons (Fsp3) is 0.515. The molecule has 38 heavy (non-hydrogen) atoms. The minimum atomic E-state index is 0.0690. The molecule has 1 heterocycles. The maximum atomic E-state index is 13.3. The lowest BCUT2D eigenvalue weighted by molar-refractivity contribution is -0.122. The summed E-state index contributed by atoms with van der Waals surface area (Å²) in [7, 11) is 0. The van der Waals surface area contributed by atoms with Gasteiger partial charge in [-0.2, -0.15) is 0 Å². The second-order valence-electron chi connectivity index (χ2n) is 12.8. The molecule has 4 bridgehead atoms. The van der Waals surface area contributed by atoms with E-state index in [0.717, 1.165) is 64.5 Å². The minimum Gasteiger partial charge on any atom is -0.355 e. The number of H-pyrrole nitrogens is 1. The molecule has 3 N–H and O–H groups in total. The third-order valence-corrected chi connectivity index (χ3v) is 10.3. The largest absolute Gasteiger partial charge is 0.355 e. The Morgan fingerprint density at radius 3 is 2.26 bits per heavy atom. The van der Waals surface area contributed by atoms with Crippen molar-refractivity contribution in [2.45, 2.75) is 70.8 Å². The quantitative estimate of drug-likeness (QED) is 0.342. The molecule has 0 radical (unpaired) electrons. The summed E-state index contributed by atoms with van der Waals surface area (Å²) in [6, 6.07) is 16.5. The van der Waals surface area contributed by atoms with Gasteiger partial charge in [0.2, 0.25) is 5.91 Å². The zero-order valence-corrected chi connectivity index (χ0v) is 22.3. The number of benzene rings is 2. The van der Waals surface area contributed by atoms with E-state index in [2.05, 4.69) is 28.6 Å². The van der Waals surface area contributed by atoms with E-state index in [-0.39, 0.29) is 17.7 Å². The Balaban J connectivity index is 1.03. The van der Waals surface area contributed by atoms with Gasteiger partial charge in [0, 0.05) is 39.8 Å². The van der Waals surface area contributed by atoms with E-state index >= 15 is 0 Å². The molecule has 5 aliphatic carbocycles. The Morgan fingerprint density at radius 1 is 0.842 bits per heavy atom. The normalized spacial score (nSPS) is 31.9. The predicted molar refractivity (Wildman–Crippen MR) is 152 cm³/mol. The van der Waals surface area contributed by atoms with Crippen LogP contribution in [0.15, 0.2) is 48.5 Å². The second kappa shape index (κ2) is 9.59. The molecule has 0 aliphatic heterocycles. The SMILES string of the molecule is CC1CCCCC1C(=O)Nc1ccc(-c2cc3cc(C(=O)NC4[C@H]5C[C@@H]6C[C@@H](C[C@H]4C6)C5)ccc3[nH]2)cc1. The molecular weight excluding hydrogens is 470 g/mol. The van der Waals surface area contributed by atoms with Gasteiger partial charge in [-0.15, -0.1) is 0 Å². The maximum Gasteiger partial charge on any atom is 0.251 e. The van der Waals surface area contributed by atoms with Gasteiger partial charge in [-0.3, -0.25) is 9.59 Å². The van der Waals surface area contributed by atoms with Crippen LogP contribution in [-0.4, -0.2) is 22.8 Å². The van der Waals surface area contributed by atoms with Gasteiger partial charge in [-0.05, 0) is 116 Å². The van der Waals surface area contributed by atoms with Crippen molar-refractivity contribution in [2.24, 2.45) is 35.5 Å². The number of aromatic nitrogens is 1. The standard InChI is InChI=1S/C33H39N3O2/c1-19-4-2-3-5-28(19)33(38)34-27-9-6-22(7-10-27)30-18-24-17-23(8-11-29(24)35-30)32(37)36-31-25-13-20-12-21(15-25)16-26(31)14-20/h6-11,17-21,25-26,28,31,35H,2-5,12-16H2,1H3,(H,34,38)(H,36,37)/t19?,20-,21+,25-,26+,28?,31?. The van der Waals surface area contributed by atoms with E-state index in [1.54, 1.807) is 0 Å². The fourth-order valence-corrected chi connectivity index (χ4v) is 8.50. The Labute approximate surface area is 225 Å².